The van der Waals surface area contributed by atoms with Crippen molar-refractivity contribution in [1.82, 2.24) is 0 Å². The molecule has 2 rings (SSSR count). The van der Waals surface area contributed by atoms with Crippen LogP contribution in [-0.4, -0.2) is 0 Å². The minimum atomic E-state index is 1.06. The van der Waals surface area contributed by atoms with Crippen LogP contribution in [0.2, 0.25) is 0 Å². The number of rotatable bonds is 0. The number of benzene rings is 2. The van der Waals surface area contributed by atoms with Gasteiger partial charge in [0.1, 0.15) is 0 Å². The van der Waals surface area contributed by atoms with Gasteiger partial charge in [-0.05, 0) is 18.6 Å². The van der Waals surface area contributed by atoms with E-state index in [1.165, 1.54) is 5.56 Å². The van der Waals surface area contributed by atoms with Crippen LogP contribution in [0.4, 0.5) is 0 Å². The van der Waals surface area contributed by atoms with Crippen molar-refractivity contribution in [3.63, 3.8) is 0 Å². The molecule has 0 aromatic heterocycles. The third kappa shape index (κ3) is 4.15. The Bertz CT molecular complexity index is 307. The number of hydrogen-bond donors (Lipinski definition) is 1. The Morgan fingerprint density at radius 3 is 1.43 bits per heavy atom. The predicted octanol–water partition coefficient (Wildman–Crippen LogP) is 3.97. The molecule has 1 heteroatoms. The van der Waals surface area contributed by atoms with Crippen molar-refractivity contribution >= 4 is 12.6 Å². The van der Waals surface area contributed by atoms with Gasteiger partial charge in [-0.1, -0.05) is 54.6 Å². The van der Waals surface area contributed by atoms with Gasteiger partial charge in [0.05, 0.1) is 0 Å². The smallest absolute Gasteiger partial charge is 0.00692 e. The average Bonchev–Trinajstić information content (AvgIpc) is 2.26. The van der Waals surface area contributed by atoms with Gasteiger partial charge < -0.3 is 0 Å². The Morgan fingerprint density at radius 1 is 0.714 bits per heavy atom. The van der Waals surface area contributed by atoms with E-state index in [0.29, 0.717) is 0 Å². The normalized spacial score (nSPS) is 8.71. The first-order valence-corrected chi connectivity index (χ1v) is 5.00. The summed E-state index contributed by atoms with van der Waals surface area (Å²) in [5.74, 6) is 0. The second kappa shape index (κ2) is 6.28. The molecule has 0 aliphatic heterocycles. The Hall–Kier alpha value is -1.21. The highest BCUT2D eigenvalue weighted by Crippen LogP contribution is 2.09. The summed E-state index contributed by atoms with van der Waals surface area (Å²) >= 11 is 4.20. The largest absolute Gasteiger partial charge is 0.143 e. The van der Waals surface area contributed by atoms with E-state index in [4.69, 9.17) is 0 Å². The molecular weight excluding hydrogens is 188 g/mol. The summed E-state index contributed by atoms with van der Waals surface area (Å²) in [6.45, 7) is 2.04. The lowest BCUT2D eigenvalue weighted by Crippen LogP contribution is -1.70. The van der Waals surface area contributed by atoms with Gasteiger partial charge in [-0.15, -0.1) is 12.6 Å². The summed E-state index contributed by atoms with van der Waals surface area (Å²) in [5.41, 5.74) is 1.23. The average molecular weight is 202 g/mol. The molecule has 2 aromatic carbocycles. The van der Waals surface area contributed by atoms with Crippen molar-refractivity contribution < 1.29 is 0 Å². The third-order valence-corrected chi connectivity index (χ3v) is 2.28. The van der Waals surface area contributed by atoms with Crippen molar-refractivity contribution in [1.29, 1.82) is 0 Å². The Labute approximate surface area is 91.0 Å². The standard InChI is InChI=1S/C7H8S.C6H6/c1-6-4-2-3-5-7(6)8;1-2-4-6-5-3-1/h2-5,8H,1H3;1-6H. The molecule has 0 spiro atoms. The van der Waals surface area contributed by atoms with Crippen molar-refractivity contribution in [2.24, 2.45) is 0 Å². The lowest BCUT2D eigenvalue weighted by atomic mass is 10.2. The van der Waals surface area contributed by atoms with Gasteiger partial charge in [0.2, 0.25) is 0 Å². The molecular formula is C13H14S. The van der Waals surface area contributed by atoms with E-state index in [1.54, 1.807) is 0 Å². The van der Waals surface area contributed by atoms with E-state index >= 15 is 0 Å². The van der Waals surface area contributed by atoms with Crippen LogP contribution in [0.3, 0.4) is 0 Å². The highest BCUT2D eigenvalue weighted by molar-refractivity contribution is 7.80. The van der Waals surface area contributed by atoms with E-state index in [2.05, 4.69) is 12.6 Å². The van der Waals surface area contributed by atoms with Gasteiger partial charge >= 0.3 is 0 Å². The Kier molecular flexibility index (Phi) is 4.87. The molecule has 2 aromatic rings. The first-order chi connectivity index (χ1) is 6.80. The maximum Gasteiger partial charge on any atom is 0.00692 e. The Balaban J connectivity index is 0.000000146. The molecule has 0 atom stereocenters. The van der Waals surface area contributed by atoms with E-state index < -0.39 is 0 Å². The monoisotopic (exact) mass is 202 g/mol. The van der Waals surface area contributed by atoms with Crippen LogP contribution in [0.25, 0.3) is 0 Å². The Morgan fingerprint density at radius 2 is 1.14 bits per heavy atom. The quantitative estimate of drug-likeness (QED) is 0.614. The van der Waals surface area contributed by atoms with Crippen LogP contribution < -0.4 is 0 Å². The molecule has 0 saturated heterocycles. The number of aryl methyl sites for hydroxylation is 1. The predicted molar refractivity (Wildman–Crippen MR) is 64.9 cm³/mol. The minimum Gasteiger partial charge on any atom is -0.143 e. The van der Waals surface area contributed by atoms with Crippen molar-refractivity contribution in [2.45, 2.75) is 11.8 Å². The molecule has 0 radical (unpaired) electrons. The zero-order chi connectivity index (χ0) is 10.2. The SMILES string of the molecule is Cc1ccccc1S.c1ccccc1. The van der Waals surface area contributed by atoms with Gasteiger partial charge in [-0.25, -0.2) is 0 Å². The molecule has 0 nitrogen and oxygen atoms in total. The van der Waals surface area contributed by atoms with E-state index in [-0.39, 0.29) is 0 Å². The lowest BCUT2D eigenvalue weighted by molar-refractivity contribution is 1.31. The molecule has 0 aliphatic rings. The number of thiol groups is 1. The van der Waals surface area contributed by atoms with E-state index in [9.17, 15) is 0 Å². The van der Waals surface area contributed by atoms with Crippen molar-refractivity contribution in [3.05, 3.63) is 66.2 Å². The highest BCUT2D eigenvalue weighted by atomic mass is 32.1. The summed E-state index contributed by atoms with van der Waals surface area (Å²) < 4.78 is 0. The summed E-state index contributed by atoms with van der Waals surface area (Å²) in [6, 6.07) is 20.0. The van der Waals surface area contributed by atoms with Crippen LogP contribution in [0.15, 0.2) is 65.6 Å². The minimum absolute atomic E-state index is 1.06. The molecule has 0 heterocycles. The van der Waals surface area contributed by atoms with Crippen LogP contribution in [0.1, 0.15) is 5.56 Å². The van der Waals surface area contributed by atoms with Crippen LogP contribution >= 0.6 is 12.6 Å². The maximum atomic E-state index is 4.20. The van der Waals surface area contributed by atoms with Gasteiger partial charge in [0, 0.05) is 4.90 Å². The van der Waals surface area contributed by atoms with E-state index in [0.717, 1.165) is 4.90 Å². The fraction of sp³-hybridized carbons (Fsp3) is 0.0769. The van der Waals surface area contributed by atoms with Gasteiger partial charge in [-0.3, -0.25) is 0 Å². The highest BCUT2D eigenvalue weighted by Gasteiger charge is 1.84. The summed E-state index contributed by atoms with van der Waals surface area (Å²) in [4.78, 5) is 1.06. The molecule has 0 aliphatic carbocycles. The molecule has 0 fully saturated rings. The van der Waals surface area contributed by atoms with Crippen molar-refractivity contribution in [2.75, 3.05) is 0 Å². The second-order valence-electron chi connectivity index (χ2n) is 2.94. The van der Waals surface area contributed by atoms with E-state index in [1.807, 2.05) is 67.6 Å². The third-order valence-electron chi connectivity index (χ3n) is 1.78. The van der Waals surface area contributed by atoms with Gasteiger partial charge in [0.15, 0.2) is 0 Å². The summed E-state index contributed by atoms with van der Waals surface area (Å²) in [5, 5.41) is 0. The molecule has 72 valence electrons. The molecule has 0 bridgehead atoms. The lowest BCUT2D eigenvalue weighted by Gasteiger charge is -1.92. The number of hydrogen-bond acceptors (Lipinski definition) is 1. The first-order valence-electron chi connectivity index (χ1n) is 4.55. The maximum absolute atomic E-state index is 4.20. The molecule has 0 saturated carbocycles. The zero-order valence-corrected chi connectivity index (χ0v) is 9.12. The summed E-state index contributed by atoms with van der Waals surface area (Å²) in [7, 11) is 0. The zero-order valence-electron chi connectivity index (χ0n) is 8.22. The molecule has 14 heavy (non-hydrogen) atoms. The van der Waals surface area contributed by atoms with Gasteiger partial charge in [0.25, 0.3) is 0 Å². The first kappa shape index (κ1) is 10.9. The van der Waals surface area contributed by atoms with Gasteiger partial charge in [-0.2, -0.15) is 0 Å². The fourth-order valence-corrected chi connectivity index (χ4v) is 1.11. The molecule has 0 amide bonds. The molecule has 0 unspecified atom stereocenters. The van der Waals surface area contributed by atoms with Crippen LogP contribution in [0.5, 0.6) is 0 Å². The van der Waals surface area contributed by atoms with Crippen LogP contribution in [-0.2, 0) is 0 Å². The fourth-order valence-electron chi connectivity index (χ4n) is 0.948. The molecule has 0 N–H and O–H groups in total. The second-order valence-corrected chi connectivity index (χ2v) is 3.42. The summed E-state index contributed by atoms with van der Waals surface area (Å²) in [6.07, 6.45) is 0. The topological polar surface area (TPSA) is 0 Å². The van der Waals surface area contributed by atoms with Crippen LogP contribution in [0, 0.1) is 6.92 Å². The van der Waals surface area contributed by atoms with Crippen molar-refractivity contribution in [3.8, 4) is 0 Å².